The van der Waals surface area contributed by atoms with Crippen LogP contribution in [0.1, 0.15) is 27.2 Å². The molecule has 2 N–H and O–H groups in total. The van der Waals surface area contributed by atoms with E-state index >= 15 is 0 Å². The molecule has 1 aliphatic rings. The van der Waals surface area contributed by atoms with Gasteiger partial charge in [0.1, 0.15) is 0 Å². The van der Waals surface area contributed by atoms with Crippen molar-refractivity contribution in [3.63, 3.8) is 0 Å². The highest BCUT2D eigenvalue weighted by Gasteiger charge is 2.21. The quantitative estimate of drug-likeness (QED) is 0.155. The minimum Gasteiger partial charge on any atom is -0.379 e. The molecule has 1 heterocycles. The summed E-state index contributed by atoms with van der Waals surface area (Å²) in [5, 5.41) is 6.78. The summed E-state index contributed by atoms with van der Waals surface area (Å²) in [6.07, 6.45) is 3.13. The largest absolute Gasteiger partial charge is 0.379 e. The molecular weight excluding hydrogens is 447 g/mol. The average Bonchev–Trinajstić information content (AvgIpc) is 2.58. The topological polar surface area (TPSA) is 48.9 Å². The Hall–Kier alpha value is 0.0100. The Kier molecular flexibility index (Phi) is 16.2. The summed E-state index contributed by atoms with van der Waals surface area (Å²) in [6.45, 7) is 16.8. The van der Waals surface area contributed by atoms with Crippen LogP contribution < -0.4 is 10.6 Å². The number of morpholine rings is 1. The molecule has 1 rings (SSSR count). The van der Waals surface area contributed by atoms with Crippen molar-refractivity contribution in [3.8, 4) is 0 Å². The van der Waals surface area contributed by atoms with Crippen molar-refractivity contribution in [3.05, 3.63) is 12.7 Å². The highest BCUT2D eigenvalue weighted by atomic mass is 127. The van der Waals surface area contributed by atoms with Gasteiger partial charge in [-0.3, -0.25) is 9.89 Å². The van der Waals surface area contributed by atoms with Gasteiger partial charge in [-0.05, 0) is 19.3 Å². The van der Waals surface area contributed by atoms with Crippen molar-refractivity contribution in [2.75, 3.05) is 57.4 Å². The van der Waals surface area contributed by atoms with Gasteiger partial charge in [0.15, 0.2) is 5.96 Å². The third-order valence-electron chi connectivity index (χ3n) is 3.88. The van der Waals surface area contributed by atoms with Crippen LogP contribution in [0.4, 0.5) is 0 Å². The van der Waals surface area contributed by atoms with E-state index in [-0.39, 0.29) is 24.0 Å². The number of guanidine groups is 1. The minimum atomic E-state index is 0. The first-order valence-electron chi connectivity index (χ1n) is 9.20. The lowest BCUT2D eigenvalue weighted by Gasteiger charge is -2.34. The third-order valence-corrected chi connectivity index (χ3v) is 4.85. The molecule has 1 aliphatic heterocycles. The third kappa shape index (κ3) is 12.1. The molecule has 0 bridgehead atoms. The van der Waals surface area contributed by atoms with Crippen LogP contribution in [0.15, 0.2) is 17.6 Å². The molecular formula is C18H37IN4OS. The zero-order valence-corrected chi connectivity index (χ0v) is 19.3. The summed E-state index contributed by atoms with van der Waals surface area (Å²) < 4.78 is 5.49. The van der Waals surface area contributed by atoms with Gasteiger partial charge in [-0.25, -0.2) is 0 Å². The van der Waals surface area contributed by atoms with Gasteiger partial charge >= 0.3 is 0 Å². The van der Waals surface area contributed by atoms with Crippen molar-refractivity contribution in [2.45, 2.75) is 33.2 Å². The lowest BCUT2D eigenvalue weighted by Crippen LogP contribution is -2.46. The number of halogens is 1. The van der Waals surface area contributed by atoms with Crippen LogP contribution in [-0.4, -0.2) is 74.3 Å². The van der Waals surface area contributed by atoms with Crippen molar-refractivity contribution in [1.82, 2.24) is 15.5 Å². The van der Waals surface area contributed by atoms with E-state index in [0.717, 1.165) is 63.4 Å². The van der Waals surface area contributed by atoms with Gasteiger partial charge in [0.05, 0.1) is 19.8 Å². The highest BCUT2D eigenvalue weighted by molar-refractivity contribution is 14.0. The van der Waals surface area contributed by atoms with E-state index in [1.165, 1.54) is 6.42 Å². The molecule has 0 saturated carbocycles. The van der Waals surface area contributed by atoms with Gasteiger partial charge in [0, 0.05) is 43.7 Å². The summed E-state index contributed by atoms with van der Waals surface area (Å²) in [4.78, 5) is 7.38. The molecule has 1 saturated heterocycles. The maximum absolute atomic E-state index is 5.49. The van der Waals surface area contributed by atoms with Gasteiger partial charge in [-0.2, -0.15) is 11.8 Å². The lowest BCUT2D eigenvalue weighted by atomic mass is 10.0. The summed E-state index contributed by atoms with van der Waals surface area (Å²) >= 11 is 1.88. The fraction of sp³-hybridized carbons (Fsp3) is 0.833. The number of thioether (sulfide) groups is 1. The van der Waals surface area contributed by atoms with E-state index in [1.807, 2.05) is 17.8 Å². The Bertz CT molecular complexity index is 363. The highest BCUT2D eigenvalue weighted by Crippen LogP contribution is 2.14. The standard InChI is InChI=1S/C18H36N4OS.HI/c1-5-12-24-13-7-20-18(19-6-2)21-15-17(14-16(3)4)22-8-10-23-11-9-22;/h5,16-17H,1,6-15H2,2-4H3,(H2,19,20,21);1H. The second-order valence-electron chi connectivity index (χ2n) is 6.44. The number of nitrogens with zero attached hydrogens (tertiary/aromatic N) is 2. The molecule has 0 radical (unpaired) electrons. The van der Waals surface area contributed by atoms with Crippen molar-refractivity contribution >= 4 is 41.7 Å². The van der Waals surface area contributed by atoms with Crippen LogP contribution in [0.2, 0.25) is 0 Å². The molecule has 5 nitrogen and oxygen atoms in total. The summed E-state index contributed by atoms with van der Waals surface area (Å²) in [6, 6.07) is 0.500. The number of ether oxygens (including phenoxy) is 1. The van der Waals surface area contributed by atoms with Gasteiger partial charge < -0.3 is 15.4 Å². The summed E-state index contributed by atoms with van der Waals surface area (Å²) in [5.41, 5.74) is 0. The molecule has 1 fully saturated rings. The molecule has 0 aromatic heterocycles. The van der Waals surface area contributed by atoms with Crippen LogP contribution in [0.5, 0.6) is 0 Å². The van der Waals surface area contributed by atoms with Crippen LogP contribution >= 0.6 is 35.7 Å². The van der Waals surface area contributed by atoms with Crippen LogP contribution in [0.3, 0.4) is 0 Å². The second-order valence-corrected chi connectivity index (χ2v) is 7.59. The predicted octanol–water partition coefficient (Wildman–Crippen LogP) is 2.83. The van der Waals surface area contributed by atoms with Crippen molar-refractivity contribution in [1.29, 1.82) is 0 Å². The Labute approximate surface area is 175 Å². The second kappa shape index (κ2) is 16.2. The normalized spacial score (nSPS) is 17.0. The number of hydrogen-bond acceptors (Lipinski definition) is 4. The SMILES string of the molecule is C=CCSCCNC(=NCC(CC(C)C)N1CCOCC1)NCC.I. The molecule has 7 heteroatoms. The summed E-state index contributed by atoms with van der Waals surface area (Å²) in [5.74, 6) is 3.68. The predicted molar refractivity (Wildman–Crippen MR) is 123 cm³/mol. The molecule has 1 unspecified atom stereocenters. The fourth-order valence-electron chi connectivity index (χ4n) is 2.77. The monoisotopic (exact) mass is 484 g/mol. The van der Waals surface area contributed by atoms with E-state index in [0.29, 0.717) is 12.0 Å². The van der Waals surface area contributed by atoms with Crippen molar-refractivity contribution in [2.24, 2.45) is 10.9 Å². The van der Waals surface area contributed by atoms with E-state index in [9.17, 15) is 0 Å². The smallest absolute Gasteiger partial charge is 0.191 e. The van der Waals surface area contributed by atoms with Crippen molar-refractivity contribution < 1.29 is 4.74 Å². The van der Waals surface area contributed by atoms with Crippen LogP contribution in [0, 0.1) is 5.92 Å². The van der Waals surface area contributed by atoms with Gasteiger partial charge in [0.25, 0.3) is 0 Å². The first-order valence-corrected chi connectivity index (χ1v) is 10.4. The van der Waals surface area contributed by atoms with Gasteiger partial charge in [-0.15, -0.1) is 30.6 Å². The Balaban J connectivity index is 0.00000576. The molecule has 0 amide bonds. The Morgan fingerprint density at radius 2 is 2.04 bits per heavy atom. The Morgan fingerprint density at radius 1 is 1.32 bits per heavy atom. The van der Waals surface area contributed by atoms with E-state index in [1.54, 1.807) is 0 Å². The molecule has 0 spiro atoms. The minimum absolute atomic E-state index is 0. The van der Waals surface area contributed by atoms with Gasteiger partial charge in [-0.1, -0.05) is 19.9 Å². The molecule has 1 atom stereocenters. The first kappa shape index (κ1) is 25.0. The van der Waals surface area contributed by atoms with Crippen LogP contribution in [-0.2, 0) is 4.74 Å². The Morgan fingerprint density at radius 3 is 2.64 bits per heavy atom. The number of nitrogens with one attached hydrogen (secondary N) is 2. The van der Waals surface area contributed by atoms with E-state index in [4.69, 9.17) is 9.73 Å². The first-order chi connectivity index (χ1) is 11.7. The summed E-state index contributed by atoms with van der Waals surface area (Å²) in [7, 11) is 0. The molecule has 25 heavy (non-hydrogen) atoms. The molecule has 0 aliphatic carbocycles. The fourth-order valence-corrected chi connectivity index (χ4v) is 3.35. The maximum Gasteiger partial charge on any atom is 0.191 e. The molecule has 0 aromatic rings. The number of hydrogen-bond donors (Lipinski definition) is 2. The zero-order valence-electron chi connectivity index (χ0n) is 16.1. The van der Waals surface area contributed by atoms with Gasteiger partial charge in [0.2, 0.25) is 0 Å². The zero-order chi connectivity index (χ0) is 17.6. The molecule has 0 aromatic carbocycles. The van der Waals surface area contributed by atoms with Crippen LogP contribution in [0.25, 0.3) is 0 Å². The lowest BCUT2D eigenvalue weighted by molar-refractivity contribution is 0.0143. The maximum atomic E-state index is 5.49. The average molecular weight is 484 g/mol. The van der Waals surface area contributed by atoms with E-state index in [2.05, 4.69) is 42.9 Å². The number of aliphatic imine (C=N–C) groups is 1. The number of rotatable bonds is 11. The van der Waals surface area contributed by atoms with E-state index < -0.39 is 0 Å². The molecule has 148 valence electrons.